The van der Waals surface area contributed by atoms with E-state index in [4.69, 9.17) is 9.47 Å². The third-order valence-corrected chi connectivity index (χ3v) is 2.62. The summed E-state index contributed by atoms with van der Waals surface area (Å²) >= 11 is 0. The van der Waals surface area contributed by atoms with Crippen molar-refractivity contribution in [3.63, 3.8) is 0 Å². The number of nitrogens with one attached hydrogen (secondary N) is 1. The highest BCUT2D eigenvalue weighted by atomic mass is 19.1. The molecule has 0 atom stereocenters. The lowest BCUT2D eigenvalue weighted by Gasteiger charge is -2.20. The number of hydrogen-bond acceptors (Lipinski definition) is 3. The predicted octanol–water partition coefficient (Wildman–Crippen LogP) is 3.27. The van der Waals surface area contributed by atoms with Crippen molar-refractivity contribution in [3.05, 3.63) is 29.3 Å². The van der Waals surface area contributed by atoms with Crippen molar-refractivity contribution in [2.24, 2.45) is 0 Å². The van der Waals surface area contributed by atoms with E-state index < -0.39 is 11.6 Å². The van der Waals surface area contributed by atoms with E-state index in [1.807, 2.05) is 20.8 Å². The van der Waals surface area contributed by atoms with Crippen LogP contribution in [0.4, 0.5) is 8.78 Å². The number of hydrogen-bond donors (Lipinski definition) is 1. The molecule has 0 heterocycles. The van der Waals surface area contributed by atoms with Gasteiger partial charge in [-0.05, 0) is 38.5 Å². The molecule has 1 N–H and O–H groups in total. The van der Waals surface area contributed by atoms with Crippen molar-refractivity contribution in [1.82, 2.24) is 5.32 Å². The fraction of sp³-hybridized carbons (Fsp3) is 0.600. The van der Waals surface area contributed by atoms with Gasteiger partial charge in [-0.2, -0.15) is 0 Å². The zero-order chi connectivity index (χ0) is 15.2. The zero-order valence-electron chi connectivity index (χ0n) is 12.6. The summed E-state index contributed by atoms with van der Waals surface area (Å²) < 4.78 is 37.6. The van der Waals surface area contributed by atoms with E-state index in [1.165, 1.54) is 12.1 Å². The van der Waals surface area contributed by atoms with Crippen LogP contribution in [0.15, 0.2) is 12.1 Å². The maximum atomic E-state index is 13.8. The normalized spacial score (nSPS) is 11.7. The molecule has 0 aliphatic carbocycles. The Hall–Kier alpha value is -1.20. The monoisotopic (exact) mass is 287 g/mol. The topological polar surface area (TPSA) is 30.5 Å². The Morgan fingerprint density at radius 1 is 1.10 bits per heavy atom. The molecule has 0 fully saturated rings. The van der Waals surface area contributed by atoms with Crippen LogP contribution in [0.1, 0.15) is 32.8 Å². The summed E-state index contributed by atoms with van der Waals surface area (Å²) in [7, 11) is 1.57. The van der Waals surface area contributed by atoms with E-state index >= 15 is 0 Å². The van der Waals surface area contributed by atoms with Crippen LogP contribution in [0, 0.1) is 11.6 Å². The summed E-state index contributed by atoms with van der Waals surface area (Å²) in [5.41, 5.74) is 0.446. The van der Waals surface area contributed by atoms with E-state index in [-0.39, 0.29) is 17.9 Å². The van der Waals surface area contributed by atoms with Crippen molar-refractivity contribution < 1.29 is 18.3 Å². The molecule has 0 spiro atoms. The maximum Gasteiger partial charge on any atom is 0.190 e. The summed E-state index contributed by atoms with van der Waals surface area (Å²) in [6.07, 6.45) is 0.586. The van der Waals surface area contributed by atoms with E-state index in [0.717, 1.165) is 0 Å². The lowest BCUT2D eigenvalue weighted by molar-refractivity contribution is 0.168. The number of ether oxygens (including phenoxy) is 2. The standard InChI is InChI=1S/C15H23F2NO2/c1-15(2,3)18-10-11-8-12(16)14(13(17)9-11)20-7-5-6-19-4/h8-9,18H,5-7,10H2,1-4H3. The van der Waals surface area contributed by atoms with E-state index in [1.54, 1.807) is 7.11 Å². The molecule has 0 bridgehead atoms. The minimum Gasteiger partial charge on any atom is -0.488 e. The van der Waals surface area contributed by atoms with Gasteiger partial charge in [0.05, 0.1) is 6.61 Å². The first-order valence-corrected chi connectivity index (χ1v) is 6.68. The Morgan fingerprint density at radius 3 is 2.20 bits per heavy atom. The number of rotatable bonds is 7. The Kier molecular flexibility index (Phi) is 6.36. The van der Waals surface area contributed by atoms with Crippen molar-refractivity contribution in [2.75, 3.05) is 20.3 Å². The molecule has 1 aromatic carbocycles. The summed E-state index contributed by atoms with van der Waals surface area (Å²) in [5.74, 6) is -1.66. The van der Waals surface area contributed by atoms with Crippen LogP contribution in [-0.4, -0.2) is 25.9 Å². The van der Waals surface area contributed by atoms with Crippen LogP contribution < -0.4 is 10.1 Å². The Bertz CT molecular complexity index is 407. The van der Waals surface area contributed by atoms with Gasteiger partial charge in [0.2, 0.25) is 0 Å². The smallest absolute Gasteiger partial charge is 0.190 e. The van der Waals surface area contributed by atoms with Crippen LogP contribution in [-0.2, 0) is 11.3 Å². The van der Waals surface area contributed by atoms with Gasteiger partial charge >= 0.3 is 0 Å². The first kappa shape index (κ1) is 16.9. The van der Waals surface area contributed by atoms with Gasteiger partial charge in [0, 0.05) is 32.2 Å². The minimum atomic E-state index is -0.673. The first-order valence-electron chi connectivity index (χ1n) is 6.68. The average molecular weight is 287 g/mol. The van der Waals surface area contributed by atoms with Crippen molar-refractivity contribution >= 4 is 0 Å². The fourth-order valence-electron chi connectivity index (χ4n) is 1.60. The minimum absolute atomic E-state index is 0.109. The predicted molar refractivity (Wildman–Crippen MR) is 74.9 cm³/mol. The molecule has 0 radical (unpaired) electrons. The van der Waals surface area contributed by atoms with Gasteiger partial charge < -0.3 is 14.8 Å². The first-order chi connectivity index (χ1) is 9.33. The Balaban J connectivity index is 2.66. The maximum absolute atomic E-state index is 13.8. The van der Waals surface area contributed by atoms with Crippen molar-refractivity contribution in [3.8, 4) is 5.75 Å². The molecule has 0 saturated heterocycles. The van der Waals surface area contributed by atoms with Crippen LogP contribution in [0.5, 0.6) is 5.75 Å². The van der Waals surface area contributed by atoms with Gasteiger partial charge in [-0.15, -0.1) is 0 Å². The molecule has 1 rings (SSSR count). The van der Waals surface area contributed by atoms with Crippen molar-refractivity contribution in [1.29, 1.82) is 0 Å². The highest BCUT2D eigenvalue weighted by molar-refractivity contribution is 5.31. The lowest BCUT2D eigenvalue weighted by atomic mass is 10.1. The molecular weight excluding hydrogens is 264 g/mol. The van der Waals surface area contributed by atoms with Crippen LogP contribution in [0.25, 0.3) is 0 Å². The Morgan fingerprint density at radius 2 is 1.70 bits per heavy atom. The summed E-state index contributed by atoms with van der Waals surface area (Å²) in [6, 6.07) is 2.60. The lowest BCUT2D eigenvalue weighted by Crippen LogP contribution is -2.35. The third-order valence-electron chi connectivity index (χ3n) is 2.62. The second-order valence-corrected chi connectivity index (χ2v) is 5.69. The van der Waals surface area contributed by atoms with Gasteiger partial charge in [0.1, 0.15) is 0 Å². The van der Waals surface area contributed by atoms with Crippen molar-refractivity contribution in [2.45, 2.75) is 39.3 Å². The average Bonchev–Trinajstić information content (AvgIpc) is 2.34. The second kappa shape index (κ2) is 7.55. The zero-order valence-corrected chi connectivity index (χ0v) is 12.6. The largest absolute Gasteiger partial charge is 0.488 e. The van der Waals surface area contributed by atoms with Crippen LogP contribution in [0.3, 0.4) is 0 Å². The Labute approximate surface area is 119 Å². The summed E-state index contributed by atoms with van der Waals surface area (Å²) in [5, 5.41) is 3.18. The van der Waals surface area contributed by atoms with Gasteiger partial charge in [-0.3, -0.25) is 0 Å². The third kappa shape index (κ3) is 5.84. The van der Waals surface area contributed by atoms with Gasteiger partial charge in [-0.1, -0.05) is 0 Å². The quantitative estimate of drug-likeness (QED) is 0.781. The molecule has 0 aliphatic heterocycles. The highest BCUT2D eigenvalue weighted by Gasteiger charge is 2.14. The molecule has 0 aromatic heterocycles. The highest BCUT2D eigenvalue weighted by Crippen LogP contribution is 2.23. The van der Waals surface area contributed by atoms with Crippen LogP contribution >= 0.6 is 0 Å². The molecular formula is C15H23F2NO2. The van der Waals surface area contributed by atoms with E-state index in [0.29, 0.717) is 25.1 Å². The number of methoxy groups -OCH3 is 1. The van der Waals surface area contributed by atoms with Gasteiger partial charge in [0.25, 0.3) is 0 Å². The SMILES string of the molecule is COCCCOc1c(F)cc(CNC(C)(C)C)cc1F. The fourth-order valence-corrected chi connectivity index (χ4v) is 1.60. The van der Waals surface area contributed by atoms with E-state index in [9.17, 15) is 8.78 Å². The molecule has 5 heteroatoms. The van der Waals surface area contributed by atoms with Gasteiger partial charge in [0.15, 0.2) is 17.4 Å². The molecule has 0 unspecified atom stereocenters. The molecule has 3 nitrogen and oxygen atoms in total. The number of benzene rings is 1. The molecule has 114 valence electrons. The second-order valence-electron chi connectivity index (χ2n) is 5.69. The molecule has 1 aromatic rings. The molecule has 0 amide bonds. The summed E-state index contributed by atoms with van der Waals surface area (Å²) in [4.78, 5) is 0. The number of halogens is 2. The molecule has 20 heavy (non-hydrogen) atoms. The summed E-state index contributed by atoms with van der Waals surface area (Å²) in [6.45, 7) is 7.10. The molecule has 0 saturated carbocycles. The van der Waals surface area contributed by atoms with E-state index in [2.05, 4.69) is 5.32 Å². The van der Waals surface area contributed by atoms with Crippen LogP contribution in [0.2, 0.25) is 0 Å². The van der Waals surface area contributed by atoms with Gasteiger partial charge in [-0.25, -0.2) is 8.78 Å². The molecule has 0 aliphatic rings.